The number of hydrogen-bond acceptors (Lipinski definition) is 2. The topological polar surface area (TPSA) is 21.3 Å². The number of ether oxygens (including phenoxy) is 1. The van der Waals surface area contributed by atoms with Crippen LogP contribution in [0.1, 0.15) is 22.7 Å². The minimum atomic E-state index is -0.565. The molecule has 104 valence electrons. The number of fused-ring (bicyclic) bond motifs is 1. The number of nitrogens with one attached hydrogen (secondary N) is 1. The highest BCUT2D eigenvalue weighted by Crippen LogP contribution is 2.30. The third-order valence-corrected chi connectivity index (χ3v) is 3.55. The normalized spacial score (nSPS) is 14.8. The first-order chi connectivity index (χ1) is 9.67. The first-order valence-corrected chi connectivity index (χ1v) is 6.56. The highest BCUT2D eigenvalue weighted by molar-refractivity contribution is 5.43. The minimum Gasteiger partial charge on any atom is -0.493 e. The van der Waals surface area contributed by atoms with E-state index < -0.39 is 11.6 Å². The van der Waals surface area contributed by atoms with Gasteiger partial charge < -0.3 is 10.1 Å². The smallest absolute Gasteiger partial charge is 0.126 e. The molecule has 1 unspecified atom stereocenters. The third-order valence-electron chi connectivity index (χ3n) is 3.55. The lowest BCUT2D eigenvalue weighted by Gasteiger charge is -2.18. The lowest BCUT2D eigenvalue weighted by Crippen LogP contribution is -2.18. The molecule has 0 amide bonds. The first-order valence-electron chi connectivity index (χ1n) is 6.56. The molecule has 0 radical (unpaired) electrons. The number of rotatable bonds is 3. The van der Waals surface area contributed by atoms with Crippen molar-refractivity contribution in [2.75, 3.05) is 13.7 Å². The zero-order chi connectivity index (χ0) is 14.1. The zero-order valence-corrected chi connectivity index (χ0v) is 11.1. The molecule has 1 atom stereocenters. The summed E-state index contributed by atoms with van der Waals surface area (Å²) in [5.41, 5.74) is 2.69. The predicted octanol–water partition coefficient (Wildman–Crippen LogP) is 3.21. The Bertz CT molecular complexity index is 622. The van der Waals surface area contributed by atoms with Gasteiger partial charge in [-0.1, -0.05) is 12.1 Å². The molecule has 2 nitrogen and oxygen atoms in total. The van der Waals surface area contributed by atoms with Crippen molar-refractivity contribution in [1.29, 1.82) is 0 Å². The van der Waals surface area contributed by atoms with Crippen LogP contribution in [0.15, 0.2) is 36.4 Å². The van der Waals surface area contributed by atoms with E-state index in [1.165, 1.54) is 12.1 Å². The summed E-state index contributed by atoms with van der Waals surface area (Å²) in [5.74, 6) is -0.233. The molecule has 0 fully saturated rings. The molecule has 0 bridgehead atoms. The Hall–Kier alpha value is -1.94. The van der Waals surface area contributed by atoms with Gasteiger partial charge in [0.15, 0.2) is 0 Å². The van der Waals surface area contributed by atoms with Crippen LogP contribution in [0.4, 0.5) is 8.78 Å². The molecule has 0 saturated carbocycles. The average Bonchev–Trinajstić information content (AvgIpc) is 2.86. The Labute approximate surface area is 116 Å². The molecule has 2 aromatic carbocycles. The van der Waals surface area contributed by atoms with Crippen LogP contribution in [0.5, 0.6) is 5.75 Å². The summed E-state index contributed by atoms with van der Waals surface area (Å²) >= 11 is 0. The van der Waals surface area contributed by atoms with Crippen molar-refractivity contribution in [2.45, 2.75) is 12.5 Å². The molecule has 1 aliphatic rings. The van der Waals surface area contributed by atoms with Crippen molar-refractivity contribution >= 4 is 0 Å². The van der Waals surface area contributed by atoms with Crippen LogP contribution >= 0.6 is 0 Å². The molecule has 20 heavy (non-hydrogen) atoms. The van der Waals surface area contributed by atoms with Crippen LogP contribution < -0.4 is 10.1 Å². The van der Waals surface area contributed by atoms with Crippen LogP contribution in [-0.4, -0.2) is 13.7 Å². The van der Waals surface area contributed by atoms with E-state index in [9.17, 15) is 8.78 Å². The lowest BCUT2D eigenvalue weighted by atomic mass is 9.96. The molecular formula is C16H15F2NO. The van der Waals surface area contributed by atoms with E-state index in [0.717, 1.165) is 29.4 Å². The van der Waals surface area contributed by atoms with Crippen molar-refractivity contribution < 1.29 is 13.5 Å². The van der Waals surface area contributed by atoms with E-state index in [2.05, 4.69) is 5.32 Å². The van der Waals surface area contributed by atoms with E-state index >= 15 is 0 Å². The van der Waals surface area contributed by atoms with Gasteiger partial charge in [-0.25, -0.2) is 8.78 Å². The minimum absolute atomic E-state index is 0.244. The van der Waals surface area contributed by atoms with Gasteiger partial charge in [-0.15, -0.1) is 0 Å². The van der Waals surface area contributed by atoms with E-state index in [-0.39, 0.29) is 6.04 Å². The summed E-state index contributed by atoms with van der Waals surface area (Å²) in [4.78, 5) is 0. The molecule has 1 N–H and O–H groups in total. The highest BCUT2D eigenvalue weighted by atomic mass is 19.1. The van der Waals surface area contributed by atoms with Gasteiger partial charge in [-0.05, 0) is 41.9 Å². The van der Waals surface area contributed by atoms with Crippen LogP contribution in [0.3, 0.4) is 0 Å². The second-order valence-electron chi connectivity index (χ2n) is 4.89. The van der Waals surface area contributed by atoms with Crippen molar-refractivity contribution in [2.24, 2.45) is 0 Å². The maximum absolute atomic E-state index is 13.4. The van der Waals surface area contributed by atoms with Crippen molar-refractivity contribution in [3.8, 4) is 5.75 Å². The largest absolute Gasteiger partial charge is 0.493 e. The molecule has 0 aliphatic carbocycles. The zero-order valence-electron chi connectivity index (χ0n) is 11.1. The number of hydrogen-bond donors (Lipinski definition) is 1. The molecule has 0 spiro atoms. The van der Waals surface area contributed by atoms with E-state index in [1.807, 2.05) is 18.2 Å². The average molecular weight is 275 g/mol. The Balaban J connectivity index is 2.01. The van der Waals surface area contributed by atoms with Gasteiger partial charge in [0, 0.05) is 12.5 Å². The molecule has 0 aromatic heterocycles. The summed E-state index contributed by atoms with van der Waals surface area (Å²) < 4.78 is 32.2. The monoisotopic (exact) mass is 275 g/mol. The van der Waals surface area contributed by atoms with Gasteiger partial charge in [0.2, 0.25) is 0 Å². The number of benzene rings is 2. The van der Waals surface area contributed by atoms with Gasteiger partial charge >= 0.3 is 0 Å². The van der Waals surface area contributed by atoms with Gasteiger partial charge in [0.05, 0.1) is 12.6 Å². The molecular weight excluding hydrogens is 260 g/mol. The Morgan fingerprint density at radius 1 is 1.05 bits per heavy atom. The van der Waals surface area contributed by atoms with Crippen LogP contribution in [-0.2, 0) is 6.42 Å². The van der Waals surface area contributed by atoms with Gasteiger partial charge in [0.25, 0.3) is 0 Å². The van der Waals surface area contributed by atoms with Gasteiger partial charge in [-0.2, -0.15) is 0 Å². The fourth-order valence-corrected chi connectivity index (χ4v) is 2.65. The molecule has 4 heteroatoms. The van der Waals surface area contributed by atoms with E-state index in [0.29, 0.717) is 12.2 Å². The fourth-order valence-electron chi connectivity index (χ4n) is 2.65. The van der Waals surface area contributed by atoms with Crippen LogP contribution in [0.25, 0.3) is 0 Å². The van der Waals surface area contributed by atoms with E-state index in [4.69, 9.17) is 4.74 Å². The van der Waals surface area contributed by atoms with Gasteiger partial charge in [0.1, 0.15) is 17.4 Å². The lowest BCUT2D eigenvalue weighted by molar-refractivity contribution is 0.357. The SMILES string of the molecule is CNC(c1cc(F)cc(F)c1)c1ccc2c(c1)CCO2. The number of halogens is 2. The highest BCUT2D eigenvalue weighted by Gasteiger charge is 2.18. The molecule has 2 aromatic rings. The molecule has 3 rings (SSSR count). The molecule has 0 saturated heterocycles. The summed E-state index contributed by atoms with van der Waals surface area (Å²) in [6.45, 7) is 0.692. The summed E-state index contributed by atoms with van der Waals surface area (Å²) in [7, 11) is 1.78. The second kappa shape index (κ2) is 5.21. The summed E-state index contributed by atoms with van der Waals surface area (Å²) in [6, 6.07) is 9.22. The maximum atomic E-state index is 13.4. The molecule has 1 heterocycles. The quantitative estimate of drug-likeness (QED) is 0.928. The molecule has 1 aliphatic heterocycles. The van der Waals surface area contributed by atoms with Crippen molar-refractivity contribution in [3.05, 3.63) is 64.7 Å². The van der Waals surface area contributed by atoms with Crippen molar-refractivity contribution in [1.82, 2.24) is 5.32 Å². The van der Waals surface area contributed by atoms with Crippen LogP contribution in [0.2, 0.25) is 0 Å². The summed E-state index contributed by atoms with van der Waals surface area (Å²) in [5, 5.41) is 3.11. The van der Waals surface area contributed by atoms with Crippen LogP contribution in [0, 0.1) is 11.6 Å². The Morgan fingerprint density at radius 2 is 1.80 bits per heavy atom. The second-order valence-corrected chi connectivity index (χ2v) is 4.89. The standard InChI is InChI=1S/C16H15F2NO/c1-19-16(12-7-13(17)9-14(18)8-12)11-2-3-15-10(6-11)4-5-20-15/h2-3,6-9,16,19H,4-5H2,1H3. The Morgan fingerprint density at radius 3 is 2.50 bits per heavy atom. The van der Waals surface area contributed by atoms with Gasteiger partial charge in [-0.3, -0.25) is 0 Å². The van der Waals surface area contributed by atoms with E-state index in [1.54, 1.807) is 7.05 Å². The summed E-state index contributed by atoms with van der Waals surface area (Å²) in [6.07, 6.45) is 0.872. The first kappa shape index (κ1) is 13.1. The van der Waals surface area contributed by atoms with Crippen molar-refractivity contribution in [3.63, 3.8) is 0 Å². The predicted molar refractivity (Wildman–Crippen MR) is 72.9 cm³/mol. The fraction of sp³-hybridized carbons (Fsp3) is 0.250. The maximum Gasteiger partial charge on any atom is 0.126 e. The Kier molecular flexibility index (Phi) is 3.40. The third kappa shape index (κ3) is 2.39.